The smallest absolute Gasteiger partial charge is 0.234 e. The number of aromatic nitrogens is 3. The minimum Gasteiger partial charge on any atom is -0.390 e. The van der Waals surface area contributed by atoms with Gasteiger partial charge in [0.25, 0.3) is 0 Å². The van der Waals surface area contributed by atoms with Crippen molar-refractivity contribution in [3.63, 3.8) is 0 Å². The van der Waals surface area contributed by atoms with E-state index in [0.717, 1.165) is 0 Å². The first-order valence-electron chi connectivity index (χ1n) is 3.39. The molecule has 5 heteroatoms. The molecule has 2 rings (SSSR count). The lowest BCUT2D eigenvalue weighted by Crippen LogP contribution is -1.93. The first kappa shape index (κ1) is 7.52. The topological polar surface area (TPSA) is 50.4 Å². The lowest BCUT2D eigenvalue weighted by Gasteiger charge is -1.96. The zero-order chi connectivity index (χ0) is 8.55. The number of aliphatic hydroxyl groups excluding tert-OH is 1. The number of imidazole rings is 1. The van der Waals surface area contributed by atoms with Crippen LogP contribution in [0.25, 0.3) is 5.78 Å². The van der Waals surface area contributed by atoms with Gasteiger partial charge >= 0.3 is 0 Å². The fourth-order valence-corrected chi connectivity index (χ4v) is 1.16. The van der Waals surface area contributed by atoms with E-state index in [0.29, 0.717) is 16.5 Å². The van der Waals surface area contributed by atoms with Crippen LogP contribution < -0.4 is 0 Å². The van der Waals surface area contributed by atoms with Crippen LogP contribution in [0, 0.1) is 0 Å². The molecule has 0 aromatic carbocycles. The average Bonchev–Trinajstić information content (AvgIpc) is 2.46. The van der Waals surface area contributed by atoms with Gasteiger partial charge in [0.2, 0.25) is 5.78 Å². The maximum atomic E-state index is 8.88. The summed E-state index contributed by atoms with van der Waals surface area (Å²) in [5.74, 6) is 0.545. The second kappa shape index (κ2) is 2.73. The summed E-state index contributed by atoms with van der Waals surface area (Å²) in [7, 11) is 0. The highest BCUT2D eigenvalue weighted by molar-refractivity contribution is 6.30. The highest BCUT2D eigenvalue weighted by Gasteiger charge is 2.02. The number of hydrogen-bond donors (Lipinski definition) is 1. The van der Waals surface area contributed by atoms with Crippen LogP contribution in [0.5, 0.6) is 0 Å². The molecule has 1 N–H and O–H groups in total. The first-order chi connectivity index (χ1) is 5.81. The van der Waals surface area contributed by atoms with Gasteiger partial charge in [-0.1, -0.05) is 11.6 Å². The van der Waals surface area contributed by atoms with Crippen molar-refractivity contribution >= 4 is 17.4 Å². The third-order valence-corrected chi connectivity index (χ3v) is 1.77. The molecule has 0 bridgehead atoms. The summed E-state index contributed by atoms with van der Waals surface area (Å²) < 4.78 is 1.66. The van der Waals surface area contributed by atoms with Crippen molar-refractivity contribution < 1.29 is 5.11 Å². The van der Waals surface area contributed by atoms with Gasteiger partial charge in [0, 0.05) is 6.20 Å². The Balaban J connectivity index is 2.75. The molecule has 2 aromatic heterocycles. The first-order valence-corrected chi connectivity index (χ1v) is 3.77. The molecular formula is C7H6ClN3O. The van der Waals surface area contributed by atoms with Crippen molar-refractivity contribution in [2.24, 2.45) is 0 Å². The lowest BCUT2D eigenvalue weighted by atomic mass is 10.5. The normalized spacial score (nSPS) is 10.8. The summed E-state index contributed by atoms with van der Waals surface area (Å²) in [4.78, 5) is 7.92. The molecule has 0 unspecified atom stereocenters. The quantitative estimate of drug-likeness (QED) is 0.714. The van der Waals surface area contributed by atoms with Gasteiger partial charge in [0.15, 0.2) is 0 Å². The van der Waals surface area contributed by atoms with Crippen LogP contribution in [0.1, 0.15) is 5.69 Å². The van der Waals surface area contributed by atoms with Crippen molar-refractivity contribution in [2.45, 2.75) is 6.61 Å². The van der Waals surface area contributed by atoms with E-state index < -0.39 is 0 Å². The maximum Gasteiger partial charge on any atom is 0.234 e. The summed E-state index contributed by atoms with van der Waals surface area (Å²) in [6.07, 6.45) is 4.76. The Bertz CT molecular complexity index is 412. The fraction of sp³-hybridized carbons (Fsp3) is 0.143. The van der Waals surface area contributed by atoms with Crippen molar-refractivity contribution in [3.05, 3.63) is 29.3 Å². The third-order valence-electron chi connectivity index (χ3n) is 1.57. The molecule has 0 fully saturated rings. The summed E-state index contributed by atoms with van der Waals surface area (Å²) in [6, 6.07) is 0. The number of rotatable bonds is 1. The molecule has 0 saturated heterocycles. The Kier molecular flexibility index (Phi) is 1.71. The molecule has 0 atom stereocenters. The van der Waals surface area contributed by atoms with Gasteiger partial charge in [-0.15, -0.1) is 0 Å². The van der Waals surface area contributed by atoms with Crippen LogP contribution in [0.4, 0.5) is 0 Å². The van der Waals surface area contributed by atoms with Crippen molar-refractivity contribution in [2.75, 3.05) is 0 Å². The zero-order valence-corrected chi connectivity index (χ0v) is 6.86. The van der Waals surface area contributed by atoms with Crippen molar-refractivity contribution in [1.82, 2.24) is 14.4 Å². The molecule has 0 aliphatic heterocycles. The van der Waals surface area contributed by atoms with Crippen molar-refractivity contribution in [3.8, 4) is 0 Å². The summed E-state index contributed by atoms with van der Waals surface area (Å²) in [5, 5.41) is 9.41. The SMILES string of the molecule is OCc1cnc2ncc(Cl)cn12. The Morgan fingerprint density at radius 3 is 2.92 bits per heavy atom. The van der Waals surface area contributed by atoms with Crippen LogP contribution in [0.2, 0.25) is 5.02 Å². The summed E-state index contributed by atoms with van der Waals surface area (Å²) in [5.41, 5.74) is 0.681. The molecule has 12 heavy (non-hydrogen) atoms. The summed E-state index contributed by atoms with van der Waals surface area (Å²) in [6.45, 7) is -0.0663. The predicted molar refractivity (Wildman–Crippen MR) is 43.9 cm³/mol. The molecule has 62 valence electrons. The van der Waals surface area contributed by atoms with Gasteiger partial charge in [-0.2, -0.15) is 0 Å². The van der Waals surface area contributed by atoms with E-state index in [9.17, 15) is 0 Å². The van der Waals surface area contributed by atoms with Gasteiger partial charge < -0.3 is 5.11 Å². The molecule has 0 aliphatic carbocycles. The molecular weight excluding hydrogens is 178 g/mol. The highest BCUT2D eigenvalue weighted by Crippen LogP contribution is 2.09. The molecule has 0 saturated carbocycles. The molecule has 0 aliphatic rings. The number of nitrogens with zero attached hydrogens (tertiary/aromatic N) is 3. The highest BCUT2D eigenvalue weighted by atomic mass is 35.5. The minimum atomic E-state index is -0.0663. The second-order valence-electron chi connectivity index (χ2n) is 2.35. The Hall–Kier alpha value is -1.13. The molecule has 2 heterocycles. The van der Waals surface area contributed by atoms with Crippen LogP contribution >= 0.6 is 11.6 Å². The number of fused-ring (bicyclic) bond motifs is 1. The summed E-state index contributed by atoms with van der Waals surface area (Å²) >= 11 is 5.71. The van der Waals surface area contributed by atoms with Crippen LogP contribution in [0.15, 0.2) is 18.6 Å². The molecule has 2 aromatic rings. The third kappa shape index (κ3) is 1.05. The molecule has 0 radical (unpaired) electrons. The van der Waals surface area contributed by atoms with Gasteiger partial charge in [-0.3, -0.25) is 4.40 Å². The fourth-order valence-electron chi connectivity index (χ4n) is 1.01. The zero-order valence-electron chi connectivity index (χ0n) is 6.11. The standard InChI is InChI=1S/C7H6ClN3O/c8-5-1-9-7-10-2-6(4-12)11(7)3-5/h1-3,12H,4H2. The Morgan fingerprint density at radius 2 is 2.17 bits per heavy atom. The van der Waals surface area contributed by atoms with E-state index >= 15 is 0 Å². The number of hydrogen-bond acceptors (Lipinski definition) is 3. The number of aliphatic hydroxyl groups is 1. The predicted octanol–water partition coefficient (Wildman–Crippen LogP) is 0.875. The van der Waals surface area contributed by atoms with E-state index in [2.05, 4.69) is 9.97 Å². The van der Waals surface area contributed by atoms with Gasteiger partial charge in [-0.25, -0.2) is 9.97 Å². The van der Waals surface area contributed by atoms with E-state index in [1.54, 1.807) is 16.8 Å². The van der Waals surface area contributed by atoms with Gasteiger partial charge in [0.1, 0.15) is 0 Å². The van der Waals surface area contributed by atoms with Crippen LogP contribution in [-0.2, 0) is 6.61 Å². The second-order valence-corrected chi connectivity index (χ2v) is 2.79. The van der Waals surface area contributed by atoms with Gasteiger partial charge in [-0.05, 0) is 0 Å². The van der Waals surface area contributed by atoms with E-state index in [1.165, 1.54) is 6.20 Å². The van der Waals surface area contributed by atoms with E-state index in [-0.39, 0.29) is 6.61 Å². The monoisotopic (exact) mass is 183 g/mol. The van der Waals surface area contributed by atoms with Gasteiger partial charge in [0.05, 0.1) is 29.7 Å². The largest absolute Gasteiger partial charge is 0.390 e. The lowest BCUT2D eigenvalue weighted by molar-refractivity contribution is 0.276. The van der Waals surface area contributed by atoms with Crippen molar-refractivity contribution in [1.29, 1.82) is 0 Å². The Morgan fingerprint density at radius 1 is 1.42 bits per heavy atom. The molecule has 4 nitrogen and oxygen atoms in total. The van der Waals surface area contributed by atoms with Crippen LogP contribution in [-0.4, -0.2) is 19.5 Å². The molecule has 0 spiro atoms. The average molecular weight is 184 g/mol. The maximum absolute atomic E-state index is 8.88. The Labute approximate surface area is 73.5 Å². The number of halogens is 1. The van der Waals surface area contributed by atoms with E-state index in [4.69, 9.17) is 16.7 Å². The minimum absolute atomic E-state index is 0.0663. The molecule has 0 amide bonds. The van der Waals surface area contributed by atoms with Crippen LogP contribution in [0.3, 0.4) is 0 Å². The van der Waals surface area contributed by atoms with E-state index in [1.807, 2.05) is 0 Å².